The summed E-state index contributed by atoms with van der Waals surface area (Å²) >= 11 is 0. The second-order valence-corrected chi connectivity index (χ2v) is 10.1. The molecular formula is C21H23N3O6S. The largest absolute Gasteiger partial charge is 0.459 e. The van der Waals surface area contributed by atoms with E-state index in [-0.39, 0.29) is 60.5 Å². The highest BCUT2D eigenvalue weighted by Gasteiger charge is 2.41. The van der Waals surface area contributed by atoms with Crippen LogP contribution < -0.4 is 10.6 Å². The first-order valence-electron chi connectivity index (χ1n) is 10.0. The van der Waals surface area contributed by atoms with E-state index in [0.717, 1.165) is 5.56 Å². The van der Waals surface area contributed by atoms with Gasteiger partial charge in [0.1, 0.15) is 0 Å². The zero-order valence-electron chi connectivity index (χ0n) is 16.7. The zero-order chi connectivity index (χ0) is 22.0. The number of carbonyl (C=O) groups is 3. The molecule has 2 aliphatic heterocycles. The number of benzene rings is 1. The molecule has 2 atom stereocenters. The Hall–Kier alpha value is -3.14. The van der Waals surface area contributed by atoms with Crippen LogP contribution in [0, 0.1) is 5.92 Å². The predicted octanol–water partition coefficient (Wildman–Crippen LogP) is 1.18. The summed E-state index contributed by atoms with van der Waals surface area (Å²) in [7, 11) is -3.09. The molecule has 0 spiro atoms. The van der Waals surface area contributed by atoms with E-state index in [4.69, 9.17) is 4.42 Å². The van der Waals surface area contributed by atoms with Gasteiger partial charge in [-0.2, -0.15) is 0 Å². The van der Waals surface area contributed by atoms with Crippen LogP contribution in [0.5, 0.6) is 0 Å². The Morgan fingerprint density at radius 3 is 2.58 bits per heavy atom. The standard InChI is InChI=1S/C21H23N3O6S/c25-19-10-15(12-24(19)17-7-9-31(28,29)13-17)20(26)22-11-14-3-5-16(6-4-14)23-21(27)18-2-1-8-30-18/h1-6,8,15,17H,7,9-13H2,(H,22,26)(H,23,27). The smallest absolute Gasteiger partial charge is 0.291 e. The number of anilines is 1. The van der Waals surface area contributed by atoms with Gasteiger partial charge in [-0.25, -0.2) is 8.42 Å². The summed E-state index contributed by atoms with van der Waals surface area (Å²) in [5.41, 5.74) is 1.44. The van der Waals surface area contributed by atoms with Crippen LogP contribution in [0.1, 0.15) is 29.0 Å². The normalized spacial score (nSPS) is 22.5. The van der Waals surface area contributed by atoms with Crippen molar-refractivity contribution in [2.75, 3.05) is 23.4 Å². The molecular weight excluding hydrogens is 422 g/mol. The third kappa shape index (κ3) is 4.96. The molecule has 164 valence electrons. The molecule has 2 unspecified atom stereocenters. The molecule has 2 fully saturated rings. The minimum atomic E-state index is -3.09. The lowest BCUT2D eigenvalue weighted by molar-refractivity contribution is -0.130. The lowest BCUT2D eigenvalue weighted by Crippen LogP contribution is -2.39. The van der Waals surface area contributed by atoms with Gasteiger partial charge in [-0.1, -0.05) is 12.1 Å². The van der Waals surface area contributed by atoms with E-state index in [2.05, 4.69) is 10.6 Å². The van der Waals surface area contributed by atoms with Gasteiger partial charge >= 0.3 is 0 Å². The molecule has 2 aromatic rings. The zero-order valence-corrected chi connectivity index (χ0v) is 17.6. The van der Waals surface area contributed by atoms with Crippen molar-refractivity contribution in [1.82, 2.24) is 10.2 Å². The number of hydrogen-bond acceptors (Lipinski definition) is 6. The summed E-state index contributed by atoms with van der Waals surface area (Å²) in [6, 6.07) is 9.90. The minimum absolute atomic E-state index is 0.0180. The number of rotatable bonds is 6. The summed E-state index contributed by atoms with van der Waals surface area (Å²) in [4.78, 5) is 38.3. The number of nitrogens with zero attached hydrogens (tertiary/aromatic N) is 1. The fraction of sp³-hybridized carbons (Fsp3) is 0.381. The van der Waals surface area contributed by atoms with E-state index in [1.807, 2.05) is 0 Å². The maximum absolute atomic E-state index is 12.5. The molecule has 0 saturated carbocycles. The average molecular weight is 445 g/mol. The fourth-order valence-corrected chi connectivity index (χ4v) is 5.65. The van der Waals surface area contributed by atoms with Gasteiger partial charge in [-0.15, -0.1) is 0 Å². The van der Waals surface area contributed by atoms with Crippen LogP contribution in [-0.2, 0) is 26.0 Å². The molecule has 1 aromatic heterocycles. The molecule has 0 radical (unpaired) electrons. The number of furan rings is 1. The Kier molecular flexibility index (Phi) is 5.81. The van der Waals surface area contributed by atoms with Crippen LogP contribution in [-0.4, -0.2) is 55.1 Å². The van der Waals surface area contributed by atoms with Crippen LogP contribution >= 0.6 is 0 Å². The lowest BCUT2D eigenvalue weighted by Gasteiger charge is -2.22. The highest BCUT2D eigenvalue weighted by molar-refractivity contribution is 7.91. The molecule has 0 bridgehead atoms. The monoisotopic (exact) mass is 445 g/mol. The molecule has 3 amide bonds. The van der Waals surface area contributed by atoms with Crippen molar-refractivity contribution < 1.29 is 27.2 Å². The second kappa shape index (κ2) is 8.54. The molecule has 3 heterocycles. The van der Waals surface area contributed by atoms with Gasteiger partial charge in [0.2, 0.25) is 11.8 Å². The van der Waals surface area contributed by atoms with E-state index in [1.54, 1.807) is 41.3 Å². The topological polar surface area (TPSA) is 126 Å². The first kappa shape index (κ1) is 21.1. The van der Waals surface area contributed by atoms with E-state index in [0.29, 0.717) is 12.1 Å². The SMILES string of the molecule is O=C(Nc1ccc(CNC(=O)C2CC(=O)N(C3CCS(=O)(=O)C3)C2)cc1)c1ccco1. The number of amides is 3. The van der Waals surface area contributed by atoms with Crippen LogP contribution in [0.2, 0.25) is 0 Å². The molecule has 2 saturated heterocycles. The highest BCUT2D eigenvalue weighted by atomic mass is 32.2. The van der Waals surface area contributed by atoms with Crippen molar-refractivity contribution in [3.05, 3.63) is 54.0 Å². The van der Waals surface area contributed by atoms with Crippen molar-refractivity contribution in [2.45, 2.75) is 25.4 Å². The van der Waals surface area contributed by atoms with Crippen LogP contribution in [0.4, 0.5) is 5.69 Å². The lowest BCUT2D eigenvalue weighted by atomic mass is 10.1. The third-order valence-electron chi connectivity index (χ3n) is 5.60. The van der Waals surface area contributed by atoms with Gasteiger partial charge in [0, 0.05) is 31.2 Å². The Morgan fingerprint density at radius 1 is 1.16 bits per heavy atom. The van der Waals surface area contributed by atoms with Crippen molar-refractivity contribution in [3.63, 3.8) is 0 Å². The number of carbonyl (C=O) groups excluding carboxylic acids is 3. The maximum Gasteiger partial charge on any atom is 0.291 e. The van der Waals surface area contributed by atoms with Crippen molar-refractivity contribution in [2.24, 2.45) is 5.92 Å². The Morgan fingerprint density at radius 2 is 1.94 bits per heavy atom. The predicted molar refractivity (Wildman–Crippen MR) is 112 cm³/mol. The molecule has 4 rings (SSSR count). The maximum atomic E-state index is 12.5. The molecule has 9 nitrogen and oxygen atoms in total. The van der Waals surface area contributed by atoms with Gasteiger partial charge in [-0.05, 0) is 36.2 Å². The Balaban J connectivity index is 1.27. The molecule has 2 aliphatic rings. The third-order valence-corrected chi connectivity index (χ3v) is 7.35. The van der Waals surface area contributed by atoms with Gasteiger partial charge in [0.15, 0.2) is 15.6 Å². The minimum Gasteiger partial charge on any atom is -0.459 e. The van der Waals surface area contributed by atoms with Gasteiger partial charge in [0.05, 0.1) is 23.7 Å². The van der Waals surface area contributed by atoms with E-state index in [1.165, 1.54) is 6.26 Å². The number of likely N-dealkylation sites (tertiary alicyclic amines) is 1. The number of hydrogen-bond donors (Lipinski definition) is 2. The summed E-state index contributed by atoms with van der Waals surface area (Å²) in [5.74, 6) is -0.941. The Labute approximate surface area is 179 Å². The first-order chi connectivity index (χ1) is 14.8. The highest BCUT2D eigenvalue weighted by Crippen LogP contribution is 2.26. The summed E-state index contributed by atoms with van der Waals surface area (Å²) in [6.45, 7) is 0.538. The number of nitrogens with one attached hydrogen (secondary N) is 2. The average Bonchev–Trinajstić information content (AvgIpc) is 3.47. The summed E-state index contributed by atoms with van der Waals surface area (Å²) in [5, 5.41) is 5.55. The van der Waals surface area contributed by atoms with Crippen molar-refractivity contribution in [1.29, 1.82) is 0 Å². The van der Waals surface area contributed by atoms with Crippen molar-refractivity contribution in [3.8, 4) is 0 Å². The van der Waals surface area contributed by atoms with Crippen LogP contribution in [0.3, 0.4) is 0 Å². The fourth-order valence-electron chi connectivity index (χ4n) is 3.92. The molecule has 0 aliphatic carbocycles. The van der Waals surface area contributed by atoms with Gasteiger partial charge in [0.25, 0.3) is 5.91 Å². The Bertz CT molecular complexity index is 1080. The van der Waals surface area contributed by atoms with Gasteiger partial charge in [-0.3, -0.25) is 14.4 Å². The molecule has 2 N–H and O–H groups in total. The van der Waals surface area contributed by atoms with E-state index in [9.17, 15) is 22.8 Å². The van der Waals surface area contributed by atoms with Crippen molar-refractivity contribution >= 4 is 33.2 Å². The molecule has 1 aromatic carbocycles. The van der Waals surface area contributed by atoms with Crippen LogP contribution in [0.15, 0.2) is 47.1 Å². The van der Waals surface area contributed by atoms with Gasteiger partial charge < -0.3 is 20.0 Å². The van der Waals surface area contributed by atoms with E-state index < -0.39 is 15.8 Å². The van der Waals surface area contributed by atoms with E-state index >= 15 is 0 Å². The summed E-state index contributed by atoms with van der Waals surface area (Å²) < 4.78 is 28.4. The summed E-state index contributed by atoms with van der Waals surface area (Å²) in [6.07, 6.45) is 1.96. The molecule has 10 heteroatoms. The number of sulfone groups is 1. The first-order valence-corrected chi connectivity index (χ1v) is 11.8. The second-order valence-electron chi connectivity index (χ2n) is 7.85. The van der Waals surface area contributed by atoms with Crippen LogP contribution in [0.25, 0.3) is 0 Å². The molecule has 31 heavy (non-hydrogen) atoms. The quantitative estimate of drug-likeness (QED) is 0.688.